The number of carbonyl (C=O) groups excluding carboxylic acids is 1. The quantitative estimate of drug-likeness (QED) is 0.213. The van der Waals surface area contributed by atoms with Crippen molar-refractivity contribution in [3.63, 3.8) is 0 Å². The monoisotopic (exact) mass is 721 g/mol. The first kappa shape index (κ1) is 34.1. The molecule has 0 radical (unpaired) electrons. The van der Waals surface area contributed by atoms with E-state index in [1.54, 1.807) is 12.1 Å². The van der Waals surface area contributed by atoms with E-state index >= 15 is 4.39 Å². The van der Waals surface area contributed by atoms with Gasteiger partial charge in [-0.3, -0.25) is 9.80 Å². The zero-order valence-corrected chi connectivity index (χ0v) is 29.8. The van der Waals surface area contributed by atoms with Crippen LogP contribution in [-0.2, 0) is 9.47 Å². The van der Waals surface area contributed by atoms with Crippen LogP contribution in [0.2, 0.25) is 5.02 Å². The lowest BCUT2D eigenvalue weighted by atomic mass is 9.96. The zero-order chi connectivity index (χ0) is 35.7. The van der Waals surface area contributed by atoms with Crippen LogP contribution in [0.4, 0.5) is 19.4 Å². The van der Waals surface area contributed by atoms with Crippen LogP contribution in [-0.4, -0.2) is 101 Å². The van der Waals surface area contributed by atoms with E-state index in [0.29, 0.717) is 60.5 Å². The summed E-state index contributed by atoms with van der Waals surface area (Å²) < 4.78 is 48.9. The van der Waals surface area contributed by atoms with E-state index in [4.69, 9.17) is 30.8 Å². The Morgan fingerprint density at radius 2 is 1.76 bits per heavy atom. The summed E-state index contributed by atoms with van der Waals surface area (Å²) in [6, 6.07) is 8.45. The molecule has 1 saturated carbocycles. The van der Waals surface area contributed by atoms with Gasteiger partial charge in [-0.15, -0.1) is 0 Å². The summed E-state index contributed by atoms with van der Waals surface area (Å²) >= 11 is 6.91. The number of phenols is 1. The highest BCUT2D eigenvalue weighted by atomic mass is 35.5. The highest BCUT2D eigenvalue weighted by molar-refractivity contribution is 6.35. The molecule has 3 saturated heterocycles. The summed E-state index contributed by atoms with van der Waals surface area (Å²) in [4.78, 5) is 29.1. The van der Waals surface area contributed by atoms with Gasteiger partial charge in [0.15, 0.2) is 5.82 Å². The molecule has 1 aliphatic carbocycles. The van der Waals surface area contributed by atoms with Gasteiger partial charge in [-0.2, -0.15) is 9.97 Å². The van der Waals surface area contributed by atoms with Gasteiger partial charge in [0.05, 0.1) is 36.9 Å². The van der Waals surface area contributed by atoms with Gasteiger partial charge in [0, 0.05) is 49.1 Å². The van der Waals surface area contributed by atoms with E-state index in [2.05, 4.69) is 14.8 Å². The lowest BCUT2D eigenvalue weighted by Crippen LogP contribution is -2.57. The van der Waals surface area contributed by atoms with E-state index in [0.717, 1.165) is 45.3 Å². The van der Waals surface area contributed by atoms with Gasteiger partial charge >= 0.3 is 12.1 Å². The van der Waals surface area contributed by atoms with E-state index in [1.165, 1.54) is 24.3 Å². The number of nitrogens with zero attached hydrogens (tertiary/aromatic N) is 5. The van der Waals surface area contributed by atoms with Crippen LogP contribution in [0, 0.1) is 17.0 Å². The Bertz CT molecular complexity index is 2000. The molecule has 2 unspecified atom stereocenters. The number of piperazine rings is 1. The Balaban J connectivity index is 1.19. The molecule has 2 bridgehead atoms. The fraction of sp³-hybridized carbons (Fsp3) is 0.500. The Kier molecular flexibility index (Phi) is 8.62. The minimum atomic E-state index is -0.702. The molecule has 1 aromatic heterocycles. The molecule has 2 atom stereocenters. The van der Waals surface area contributed by atoms with Gasteiger partial charge in [-0.1, -0.05) is 17.7 Å². The summed E-state index contributed by atoms with van der Waals surface area (Å²) in [6.45, 7) is 10.9. The topological polar surface area (TPSA) is 100 Å². The lowest BCUT2D eigenvalue weighted by molar-refractivity contribution is 0.0122. The number of aromatic hydroxyl groups is 1. The van der Waals surface area contributed by atoms with Gasteiger partial charge in [-0.25, -0.2) is 13.6 Å². The van der Waals surface area contributed by atoms with Gasteiger partial charge in [0.2, 0.25) is 0 Å². The standard InChI is InChI=1S/C38H42ClF2N5O5/c1-37(2,3)51-36(48)46-24-5-6-25(46)19-45(18-24)34-29-17-30(39)31(28-16-26(47)15-22-14-23(40)4-7-27(22)28)32(41)33(29)42-35(43-34)50-21-38(8-9-38)20-44-10-12-49-13-11-44/h4,7,14-17,24-25,47H,5-6,8-13,18-21H2,1-3H3. The van der Waals surface area contributed by atoms with Gasteiger partial charge in [-0.05, 0) is 93.1 Å². The second-order valence-electron chi connectivity index (χ2n) is 15.5. The Morgan fingerprint density at radius 1 is 1.04 bits per heavy atom. The van der Waals surface area contributed by atoms with Crippen molar-refractivity contribution < 1.29 is 32.9 Å². The average Bonchev–Trinajstić information content (AvgIpc) is 3.78. The number of morpholine rings is 1. The van der Waals surface area contributed by atoms with E-state index in [9.17, 15) is 14.3 Å². The maximum Gasteiger partial charge on any atom is 0.410 e. The van der Waals surface area contributed by atoms with Crippen molar-refractivity contribution in [1.82, 2.24) is 19.8 Å². The second-order valence-corrected chi connectivity index (χ2v) is 15.9. The third-order valence-corrected chi connectivity index (χ3v) is 10.8. The molecule has 270 valence electrons. The molecule has 4 aliphatic rings. The molecule has 3 aliphatic heterocycles. The first-order chi connectivity index (χ1) is 24.4. The van der Waals surface area contributed by atoms with Gasteiger partial charge in [0.25, 0.3) is 0 Å². The number of aromatic nitrogens is 2. The minimum Gasteiger partial charge on any atom is -0.508 e. The van der Waals surface area contributed by atoms with Crippen LogP contribution >= 0.6 is 11.6 Å². The number of carbonyl (C=O) groups is 1. The van der Waals surface area contributed by atoms with Crippen molar-refractivity contribution in [3.8, 4) is 22.9 Å². The number of hydrogen-bond acceptors (Lipinski definition) is 9. The number of amides is 1. The minimum absolute atomic E-state index is 0.0212. The summed E-state index contributed by atoms with van der Waals surface area (Å²) in [6.07, 6.45) is 3.31. The van der Waals surface area contributed by atoms with Crippen molar-refractivity contribution in [2.45, 2.75) is 64.1 Å². The van der Waals surface area contributed by atoms with E-state index in [-0.39, 0.29) is 51.5 Å². The van der Waals surface area contributed by atoms with Crippen LogP contribution in [0.3, 0.4) is 0 Å². The molecule has 8 rings (SSSR count). The molecule has 4 aromatic rings. The fourth-order valence-corrected chi connectivity index (χ4v) is 8.20. The van der Waals surface area contributed by atoms with E-state index < -0.39 is 17.2 Å². The molecule has 3 aromatic carbocycles. The highest BCUT2D eigenvalue weighted by Crippen LogP contribution is 2.47. The van der Waals surface area contributed by atoms with Crippen LogP contribution < -0.4 is 9.64 Å². The van der Waals surface area contributed by atoms with Crippen molar-refractivity contribution in [3.05, 3.63) is 53.1 Å². The predicted octanol–water partition coefficient (Wildman–Crippen LogP) is 7.17. The van der Waals surface area contributed by atoms with Gasteiger partial charge < -0.3 is 24.2 Å². The summed E-state index contributed by atoms with van der Waals surface area (Å²) in [5.74, 6) is -0.860. The first-order valence-electron chi connectivity index (χ1n) is 17.7. The normalized spacial score (nSPS) is 21.8. The lowest BCUT2D eigenvalue weighted by Gasteiger charge is -2.42. The Hall–Kier alpha value is -4.00. The van der Waals surface area contributed by atoms with Crippen LogP contribution in [0.1, 0.15) is 46.5 Å². The highest BCUT2D eigenvalue weighted by Gasteiger charge is 2.47. The molecule has 10 nitrogen and oxygen atoms in total. The second kappa shape index (κ2) is 12.9. The molecule has 1 N–H and O–H groups in total. The third-order valence-electron chi connectivity index (χ3n) is 10.5. The number of phenolic OH excluding ortho intramolecular Hbond substituents is 1. The smallest absolute Gasteiger partial charge is 0.410 e. The Labute approximate surface area is 300 Å². The number of ether oxygens (including phenoxy) is 3. The molecule has 4 heterocycles. The maximum atomic E-state index is 17.1. The molecule has 4 fully saturated rings. The largest absolute Gasteiger partial charge is 0.508 e. The van der Waals surface area contributed by atoms with E-state index in [1.807, 2.05) is 25.7 Å². The molecule has 0 spiro atoms. The van der Waals surface area contributed by atoms with Crippen molar-refractivity contribution >= 4 is 45.2 Å². The van der Waals surface area contributed by atoms with Crippen LogP contribution in [0.15, 0.2) is 36.4 Å². The van der Waals surface area contributed by atoms with Crippen molar-refractivity contribution in [1.29, 1.82) is 0 Å². The van der Waals surface area contributed by atoms with Crippen LogP contribution in [0.5, 0.6) is 11.8 Å². The molecular formula is C38H42ClF2N5O5. The molecule has 1 amide bonds. The molecule has 51 heavy (non-hydrogen) atoms. The number of halogens is 3. The SMILES string of the molecule is CC(C)(C)OC(=O)N1C2CCC1CN(c1nc(OCC3(CN4CCOCC4)CC3)nc3c(F)c(-c4cc(O)cc5cc(F)ccc45)c(Cl)cc13)C2. The number of rotatable bonds is 7. The fourth-order valence-electron chi connectivity index (χ4n) is 7.91. The number of anilines is 1. The Morgan fingerprint density at radius 3 is 2.45 bits per heavy atom. The molecular weight excluding hydrogens is 680 g/mol. The number of fused-ring (bicyclic) bond motifs is 4. The maximum absolute atomic E-state index is 17.1. The average molecular weight is 722 g/mol. The zero-order valence-electron chi connectivity index (χ0n) is 29.1. The predicted molar refractivity (Wildman–Crippen MR) is 191 cm³/mol. The summed E-state index contributed by atoms with van der Waals surface area (Å²) in [7, 11) is 0. The molecule has 13 heteroatoms. The summed E-state index contributed by atoms with van der Waals surface area (Å²) in [5.41, 5.74) is -0.290. The van der Waals surface area contributed by atoms with Crippen molar-refractivity contribution in [2.24, 2.45) is 5.41 Å². The summed E-state index contributed by atoms with van der Waals surface area (Å²) in [5, 5.41) is 12.0. The third kappa shape index (κ3) is 6.73. The first-order valence-corrected chi connectivity index (χ1v) is 18.1. The van der Waals surface area contributed by atoms with Gasteiger partial charge in [0.1, 0.15) is 28.5 Å². The number of benzene rings is 3. The number of hydrogen-bond donors (Lipinski definition) is 1. The van der Waals surface area contributed by atoms with Crippen LogP contribution in [0.25, 0.3) is 32.8 Å². The van der Waals surface area contributed by atoms with Crippen molar-refractivity contribution in [2.75, 3.05) is 57.4 Å².